The zero-order valence-electron chi connectivity index (χ0n) is 9.83. The molecule has 2 nitrogen and oxygen atoms in total. The van der Waals surface area contributed by atoms with E-state index >= 15 is 0 Å². The van der Waals surface area contributed by atoms with Crippen molar-refractivity contribution in [3.05, 3.63) is 35.1 Å². The molecule has 1 saturated carbocycles. The molecule has 1 aliphatic rings. The molecule has 1 aromatic carbocycles. The second-order valence-electron chi connectivity index (χ2n) is 4.85. The molecular formula is C13H19FN2. The van der Waals surface area contributed by atoms with Gasteiger partial charge < -0.3 is 0 Å². The SMILES string of the molecule is Cc1ccc(C(NN)C(C)C2CC2)cc1F. The van der Waals surface area contributed by atoms with Gasteiger partial charge in [-0.25, -0.2) is 4.39 Å². The van der Waals surface area contributed by atoms with Crippen LogP contribution in [-0.4, -0.2) is 0 Å². The van der Waals surface area contributed by atoms with Crippen molar-refractivity contribution in [2.75, 3.05) is 0 Å². The standard InChI is InChI=1S/C13H19FN2/c1-8-3-4-11(7-12(8)14)13(16-15)9(2)10-5-6-10/h3-4,7,9-10,13,16H,5-6,15H2,1-2H3. The summed E-state index contributed by atoms with van der Waals surface area (Å²) in [5.74, 6) is 6.64. The Balaban J connectivity index is 2.21. The molecule has 2 atom stereocenters. The van der Waals surface area contributed by atoms with E-state index in [-0.39, 0.29) is 11.9 Å². The van der Waals surface area contributed by atoms with Gasteiger partial charge in [0.25, 0.3) is 0 Å². The Kier molecular flexibility index (Phi) is 3.26. The lowest BCUT2D eigenvalue weighted by molar-refractivity contribution is 0.353. The Morgan fingerprint density at radius 2 is 2.12 bits per heavy atom. The smallest absolute Gasteiger partial charge is 0.126 e. The molecule has 3 N–H and O–H groups in total. The van der Waals surface area contributed by atoms with Crippen LogP contribution in [0.5, 0.6) is 0 Å². The molecule has 0 heterocycles. The van der Waals surface area contributed by atoms with Gasteiger partial charge >= 0.3 is 0 Å². The third kappa shape index (κ3) is 2.25. The fourth-order valence-electron chi connectivity index (χ4n) is 2.25. The maximum atomic E-state index is 13.5. The number of hydrogen-bond donors (Lipinski definition) is 2. The van der Waals surface area contributed by atoms with Gasteiger partial charge in [-0.3, -0.25) is 11.3 Å². The number of nitrogens with two attached hydrogens (primary N) is 1. The van der Waals surface area contributed by atoms with Crippen LogP contribution < -0.4 is 11.3 Å². The number of benzene rings is 1. The van der Waals surface area contributed by atoms with E-state index in [0.717, 1.165) is 11.5 Å². The molecule has 2 unspecified atom stereocenters. The molecule has 0 saturated heterocycles. The molecule has 1 aliphatic carbocycles. The average molecular weight is 222 g/mol. The Bertz CT molecular complexity index is 374. The largest absolute Gasteiger partial charge is 0.271 e. The molecule has 0 aromatic heterocycles. The fraction of sp³-hybridized carbons (Fsp3) is 0.538. The number of nitrogens with one attached hydrogen (secondary N) is 1. The molecule has 0 radical (unpaired) electrons. The number of rotatable bonds is 4. The van der Waals surface area contributed by atoms with Crippen LogP contribution in [0.15, 0.2) is 18.2 Å². The lowest BCUT2D eigenvalue weighted by atomic mass is 9.90. The minimum Gasteiger partial charge on any atom is -0.271 e. The van der Waals surface area contributed by atoms with Crippen LogP contribution in [0.4, 0.5) is 4.39 Å². The van der Waals surface area contributed by atoms with Crippen LogP contribution in [0, 0.1) is 24.6 Å². The van der Waals surface area contributed by atoms with Gasteiger partial charge in [-0.1, -0.05) is 19.1 Å². The van der Waals surface area contributed by atoms with E-state index in [2.05, 4.69) is 12.3 Å². The van der Waals surface area contributed by atoms with Crippen LogP contribution >= 0.6 is 0 Å². The highest BCUT2D eigenvalue weighted by Crippen LogP contribution is 2.42. The first-order valence-electron chi connectivity index (χ1n) is 5.85. The lowest BCUT2D eigenvalue weighted by Gasteiger charge is -2.23. The van der Waals surface area contributed by atoms with Crippen LogP contribution in [0.1, 0.15) is 36.9 Å². The first kappa shape index (κ1) is 11.6. The highest BCUT2D eigenvalue weighted by atomic mass is 19.1. The van der Waals surface area contributed by atoms with Gasteiger partial charge in [-0.15, -0.1) is 0 Å². The summed E-state index contributed by atoms with van der Waals surface area (Å²) < 4.78 is 13.5. The van der Waals surface area contributed by atoms with Crippen LogP contribution in [0.2, 0.25) is 0 Å². The van der Waals surface area contributed by atoms with Crippen molar-refractivity contribution in [3.8, 4) is 0 Å². The molecular weight excluding hydrogens is 203 g/mol. The molecule has 1 aromatic rings. The van der Waals surface area contributed by atoms with Gasteiger partial charge in [0, 0.05) is 6.04 Å². The molecule has 0 aliphatic heterocycles. The summed E-state index contributed by atoms with van der Waals surface area (Å²) in [4.78, 5) is 0. The quantitative estimate of drug-likeness (QED) is 0.607. The van der Waals surface area contributed by atoms with E-state index in [1.807, 2.05) is 12.1 Å². The average Bonchev–Trinajstić information content (AvgIpc) is 3.07. The zero-order chi connectivity index (χ0) is 11.7. The van der Waals surface area contributed by atoms with Gasteiger partial charge in [0.05, 0.1) is 0 Å². The number of hydrogen-bond acceptors (Lipinski definition) is 2. The second-order valence-corrected chi connectivity index (χ2v) is 4.85. The maximum Gasteiger partial charge on any atom is 0.126 e. The van der Waals surface area contributed by atoms with Crippen molar-refractivity contribution in [1.29, 1.82) is 0 Å². The van der Waals surface area contributed by atoms with E-state index in [9.17, 15) is 4.39 Å². The summed E-state index contributed by atoms with van der Waals surface area (Å²) >= 11 is 0. The van der Waals surface area contributed by atoms with Crippen molar-refractivity contribution >= 4 is 0 Å². The number of aryl methyl sites for hydroxylation is 1. The Labute approximate surface area is 96.0 Å². The third-order valence-corrected chi connectivity index (χ3v) is 3.63. The monoisotopic (exact) mass is 222 g/mol. The Morgan fingerprint density at radius 1 is 1.44 bits per heavy atom. The van der Waals surface area contributed by atoms with Crippen LogP contribution in [0.3, 0.4) is 0 Å². The summed E-state index contributed by atoms with van der Waals surface area (Å²) in [5, 5.41) is 0. The first-order valence-corrected chi connectivity index (χ1v) is 5.85. The van der Waals surface area contributed by atoms with Crippen molar-refractivity contribution in [2.24, 2.45) is 17.7 Å². The van der Waals surface area contributed by atoms with Gasteiger partial charge in [0.15, 0.2) is 0 Å². The molecule has 16 heavy (non-hydrogen) atoms. The van der Waals surface area contributed by atoms with Crippen molar-refractivity contribution < 1.29 is 4.39 Å². The number of hydrazine groups is 1. The van der Waals surface area contributed by atoms with E-state index in [0.29, 0.717) is 11.5 Å². The molecule has 2 rings (SSSR count). The van der Waals surface area contributed by atoms with E-state index in [4.69, 9.17) is 5.84 Å². The van der Waals surface area contributed by atoms with E-state index in [1.54, 1.807) is 13.0 Å². The summed E-state index contributed by atoms with van der Waals surface area (Å²) in [6.45, 7) is 3.95. The van der Waals surface area contributed by atoms with Gasteiger partial charge in [0.2, 0.25) is 0 Å². The number of halogens is 1. The van der Waals surface area contributed by atoms with Gasteiger partial charge in [-0.2, -0.15) is 0 Å². The zero-order valence-corrected chi connectivity index (χ0v) is 9.83. The lowest BCUT2D eigenvalue weighted by Crippen LogP contribution is -2.33. The minimum atomic E-state index is -0.152. The second kappa shape index (κ2) is 4.52. The summed E-state index contributed by atoms with van der Waals surface area (Å²) in [7, 11) is 0. The summed E-state index contributed by atoms with van der Waals surface area (Å²) in [6, 6.07) is 5.43. The molecule has 1 fully saturated rings. The van der Waals surface area contributed by atoms with Gasteiger partial charge in [0.1, 0.15) is 5.82 Å². The predicted octanol–water partition coefficient (Wildman–Crippen LogP) is 2.68. The van der Waals surface area contributed by atoms with E-state index in [1.165, 1.54) is 12.8 Å². The molecule has 0 spiro atoms. The molecule has 0 amide bonds. The third-order valence-electron chi connectivity index (χ3n) is 3.63. The highest BCUT2D eigenvalue weighted by molar-refractivity contribution is 5.26. The van der Waals surface area contributed by atoms with Crippen molar-refractivity contribution in [1.82, 2.24) is 5.43 Å². The fourth-order valence-corrected chi connectivity index (χ4v) is 2.25. The van der Waals surface area contributed by atoms with E-state index < -0.39 is 0 Å². The topological polar surface area (TPSA) is 38.0 Å². The summed E-state index contributed by atoms with van der Waals surface area (Å²) in [5.41, 5.74) is 4.45. The summed E-state index contributed by atoms with van der Waals surface area (Å²) in [6.07, 6.45) is 2.54. The Morgan fingerprint density at radius 3 is 2.62 bits per heavy atom. The predicted molar refractivity (Wildman–Crippen MR) is 63.1 cm³/mol. The molecule has 0 bridgehead atoms. The highest BCUT2D eigenvalue weighted by Gasteiger charge is 2.33. The van der Waals surface area contributed by atoms with Gasteiger partial charge in [-0.05, 0) is 48.8 Å². The van der Waals surface area contributed by atoms with Crippen LogP contribution in [-0.2, 0) is 0 Å². The van der Waals surface area contributed by atoms with Crippen LogP contribution in [0.25, 0.3) is 0 Å². The first-order chi connectivity index (χ1) is 7.63. The molecule has 3 heteroatoms. The normalized spacial score (nSPS) is 19.5. The van der Waals surface area contributed by atoms with Crippen molar-refractivity contribution in [2.45, 2.75) is 32.7 Å². The molecule has 88 valence electrons. The Hall–Kier alpha value is -0.930. The van der Waals surface area contributed by atoms with Crippen molar-refractivity contribution in [3.63, 3.8) is 0 Å². The maximum absolute atomic E-state index is 13.5. The minimum absolute atomic E-state index is 0.0580.